The van der Waals surface area contributed by atoms with E-state index < -0.39 is 17.2 Å². The van der Waals surface area contributed by atoms with Crippen molar-refractivity contribution in [3.8, 4) is 11.5 Å². The van der Waals surface area contributed by atoms with Gasteiger partial charge < -0.3 is 24.7 Å². The molecule has 0 amide bonds. The van der Waals surface area contributed by atoms with Crippen molar-refractivity contribution < 1.29 is 22.5 Å². The smallest absolute Gasteiger partial charge is 0.229 e. The van der Waals surface area contributed by atoms with Crippen molar-refractivity contribution in [1.29, 1.82) is 0 Å². The molecule has 0 saturated heterocycles. The average Bonchev–Trinajstić information content (AvgIpc) is 2.87. The van der Waals surface area contributed by atoms with Gasteiger partial charge in [-0.1, -0.05) is 41.9 Å². The molecule has 0 bridgehead atoms. The maximum Gasteiger partial charge on any atom is 0.229 e. The highest BCUT2D eigenvalue weighted by Crippen LogP contribution is 2.42. The molecule has 10 nitrogen and oxygen atoms in total. The van der Waals surface area contributed by atoms with E-state index in [2.05, 4.69) is 25.3 Å². The van der Waals surface area contributed by atoms with Crippen molar-refractivity contribution in [2.45, 2.75) is 0 Å². The van der Waals surface area contributed by atoms with Gasteiger partial charge in [-0.2, -0.15) is 4.98 Å². The van der Waals surface area contributed by atoms with Crippen LogP contribution >= 0.6 is 18.7 Å². The summed E-state index contributed by atoms with van der Waals surface area (Å²) in [6.07, 6.45) is 2.54. The zero-order valence-corrected chi connectivity index (χ0v) is 24.3. The van der Waals surface area contributed by atoms with Gasteiger partial charge in [-0.15, -0.1) is 0 Å². The van der Waals surface area contributed by atoms with Crippen molar-refractivity contribution in [1.82, 2.24) is 14.7 Å². The average molecular weight is 590 g/mol. The number of fused-ring (bicyclic) bond motifs is 1. The normalized spacial score (nSPS) is 11.8. The molecular formula is C26H29ClN5O5PS. The Bertz CT molecular complexity index is 1660. The lowest BCUT2D eigenvalue weighted by atomic mass is 10.1. The lowest BCUT2D eigenvalue weighted by Gasteiger charge is -2.18. The molecule has 3 N–H and O–H groups in total. The number of benzene rings is 3. The predicted molar refractivity (Wildman–Crippen MR) is 158 cm³/mol. The summed E-state index contributed by atoms with van der Waals surface area (Å²) in [5, 5.41) is 9.23. The summed E-state index contributed by atoms with van der Waals surface area (Å²) in [4.78, 5) is 8.83. The summed E-state index contributed by atoms with van der Waals surface area (Å²) < 4.78 is 49.3. The van der Waals surface area contributed by atoms with Crippen LogP contribution in [0.25, 0.3) is 10.8 Å². The summed E-state index contributed by atoms with van der Waals surface area (Å²) in [5.74, 6) is 1.56. The van der Waals surface area contributed by atoms with Gasteiger partial charge in [0.1, 0.15) is 30.3 Å². The van der Waals surface area contributed by atoms with Crippen molar-refractivity contribution in [3.05, 3.63) is 65.8 Å². The number of hydrogen-bond acceptors (Lipinski definition) is 9. The van der Waals surface area contributed by atoms with Gasteiger partial charge in [0.25, 0.3) is 0 Å². The Morgan fingerprint density at radius 2 is 1.79 bits per heavy atom. The Kier molecular flexibility index (Phi) is 8.66. The molecule has 206 valence electrons. The molecule has 0 unspecified atom stereocenters. The van der Waals surface area contributed by atoms with Gasteiger partial charge >= 0.3 is 0 Å². The van der Waals surface area contributed by atoms with Gasteiger partial charge in [0.15, 0.2) is 5.82 Å². The van der Waals surface area contributed by atoms with E-state index in [9.17, 15) is 13.0 Å². The molecule has 13 heteroatoms. The molecule has 0 saturated carbocycles. The Balaban J connectivity index is 1.60. The molecule has 0 aliphatic heterocycles. The molecule has 39 heavy (non-hydrogen) atoms. The minimum Gasteiger partial charge on any atom is -0.495 e. The SMILES string of the molecule is COc1ccc(OCCNS(C)(=O)=O)cc1Nc1ncc(Cl)c(Nc2ccc3ccccc3c2P(C)(C)=O)n1. The van der Waals surface area contributed by atoms with Crippen molar-refractivity contribution in [3.63, 3.8) is 0 Å². The molecule has 0 fully saturated rings. The Hall–Kier alpha value is -3.37. The number of rotatable bonds is 11. The Morgan fingerprint density at radius 3 is 2.51 bits per heavy atom. The second-order valence-corrected chi connectivity index (χ2v) is 14.4. The third kappa shape index (κ3) is 7.39. The van der Waals surface area contributed by atoms with Crippen molar-refractivity contribution in [2.75, 3.05) is 50.5 Å². The van der Waals surface area contributed by atoms with Crippen LogP contribution in [0.4, 0.5) is 23.1 Å². The summed E-state index contributed by atoms with van der Waals surface area (Å²) >= 11 is 6.44. The zero-order chi connectivity index (χ0) is 28.2. The van der Waals surface area contributed by atoms with E-state index in [4.69, 9.17) is 21.1 Å². The number of halogens is 1. The fourth-order valence-electron chi connectivity index (χ4n) is 3.97. The van der Waals surface area contributed by atoms with Crippen LogP contribution in [0.3, 0.4) is 0 Å². The largest absolute Gasteiger partial charge is 0.495 e. The van der Waals surface area contributed by atoms with E-state index in [-0.39, 0.29) is 24.1 Å². The van der Waals surface area contributed by atoms with E-state index in [1.807, 2.05) is 36.4 Å². The molecule has 0 aliphatic rings. The van der Waals surface area contributed by atoms with Crippen LogP contribution in [-0.4, -0.2) is 58.2 Å². The maximum atomic E-state index is 13.3. The summed E-state index contributed by atoms with van der Waals surface area (Å²) in [6, 6.07) is 16.7. The lowest BCUT2D eigenvalue weighted by molar-refractivity contribution is 0.322. The van der Waals surface area contributed by atoms with Crippen molar-refractivity contribution in [2.24, 2.45) is 0 Å². The number of nitrogens with one attached hydrogen (secondary N) is 3. The molecule has 4 rings (SSSR count). The first kappa shape index (κ1) is 28.6. The third-order valence-electron chi connectivity index (χ3n) is 5.59. The van der Waals surface area contributed by atoms with E-state index in [0.29, 0.717) is 34.0 Å². The minimum absolute atomic E-state index is 0.127. The molecule has 0 radical (unpaired) electrons. The summed E-state index contributed by atoms with van der Waals surface area (Å²) in [6.45, 7) is 3.72. The van der Waals surface area contributed by atoms with Crippen molar-refractivity contribution >= 4 is 68.0 Å². The molecule has 1 heterocycles. The minimum atomic E-state index is -3.30. The number of hydrogen-bond donors (Lipinski definition) is 3. The molecular weight excluding hydrogens is 561 g/mol. The van der Waals surface area contributed by atoms with Gasteiger partial charge in [-0.05, 0) is 42.3 Å². The van der Waals surface area contributed by atoms with Crippen LogP contribution in [0.1, 0.15) is 0 Å². The first-order valence-electron chi connectivity index (χ1n) is 11.8. The zero-order valence-electron chi connectivity index (χ0n) is 21.9. The van der Waals surface area contributed by atoms with Crippen LogP contribution < -0.4 is 30.1 Å². The number of ether oxygens (including phenoxy) is 2. The number of nitrogens with zero attached hydrogens (tertiary/aromatic N) is 2. The van der Waals surface area contributed by atoms with Crippen LogP contribution in [0.15, 0.2) is 60.8 Å². The van der Waals surface area contributed by atoms with Gasteiger partial charge in [0, 0.05) is 17.9 Å². The van der Waals surface area contributed by atoms with Crippen LogP contribution in [0.5, 0.6) is 11.5 Å². The first-order chi connectivity index (χ1) is 18.4. The van der Waals surface area contributed by atoms with Gasteiger partial charge in [0.05, 0.1) is 30.9 Å². The highest BCUT2D eigenvalue weighted by Gasteiger charge is 2.21. The van der Waals surface area contributed by atoms with Crippen LogP contribution in [0.2, 0.25) is 5.02 Å². The summed E-state index contributed by atoms with van der Waals surface area (Å²) in [7, 11) is -4.46. The molecule has 4 aromatic rings. The Morgan fingerprint density at radius 1 is 1.03 bits per heavy atom. The number of methoxy groups -OCH3 is 1. The maximum absolute atomic E-state index is 13.3. The molecule has 0 aliphatic carbocycles. The fraction of sp³-hybridized carbons (Fsp3) is 0.231. The quantitative estimate of drug-likeness (QED) is 0.164. The second kappa shape index (κ2) is 11.8. The topological polar surface area (TPSA) is 132 Å². The summed E-state index contributed by atoms with van der Waals surface area (Å²) in [5.41, 5.74) is 1.17. The standard InChI is InChI=1S/C26H29ClN5O5PS/c1-36-23-12-10-18(37-14-13-29-39(4,34)35)15-22(23)31-26-28-16-20(27)25(32-26)30-21-11-9-17-7-5-6-8-19(17)24(21)38(2,3)33/h5-12,15-16,29H,13-14H2,1-4H3,(H2,28,30,31,32). The van der Waals surface area contributed by atoms with Gasteiger partial charge in [0.2, 0.25) is 16.0 Å². The first-order valence-corrected chi connectivity index (χ1v) is 16.7. The third-order valence-corrected chi connectivity index (χ3v) is 8.15. The monoisotopic (exact) mass is 589 g/mol. The van der Waals surface area contributed by atoms with E-state index >= 15 is 0 Å². The van der Waals surface area contributed by atoms with Crippen LogP contribution in [-0.2, 0) is 14.6 Å². The molecule has 0 atom stereocenters. The number of sulfonamides is 1. The molecule has 3 aromatic carbocycles. The highest BCUT2D eigenvalue weighted by atomic mass is 35.5. The molecule has 1 aromatic heterocycles. The highest BCUT2D eigenvalue weighted by molar-refractivity contribution is 7.88. The van der Waals surface area contributed by atoms with Crippen LogP contribution in [0, 0.1) is 0 Å². The van der Waals surface area contributed by atoms with Gasteiger partial charge in [-0.25, -0.2) is 18.1 Å². The number of anilines is 4. The lowest BCUT2D eigenvalue weighted by Crippen LogP contribution is -2.26. The Labute approximate surface area is 232 Å². The molecule has 0 spiro atoms. The fourth-order valence-corrected chi connectivity index (χ4v) is 6.06. The van der Waals surface area contributed by atoms with Gasteiger partial charge in [-0.3, -0.25) is 0 Å². The predicted octanol–water partition coefficient (Wildman–Crippen LogP) is 4.96. The van der Waals surface area contributed by atoms with E-state index in [0.717, 1.165) is 17.0 Å². The number of aromatic nitrogens is 2. The van der Waals surface area contributed by atoms with E-state index in [1.165, 1.54) is 13.3 Å². The van der Waals surface area contributed by atoms with E-state index in [1.54, 1.807) is 31.5 Å². The second-order valence-electron chi connectivity index (χ2n) is 9.05.